The number of fused-ring (bicyclic) bond motifs is 2. The van der Waals surface area contributed by atoms with Crippen LogP contribution in [0.3, 0.4) is 0 Å². The second kappa shape index (κ2) is 2.88. The van der Waals surface area contributed by atoms with Crippen LogP contribution in [-0.2, 0) is 9.47 Å². The molecule has 2 N–H and O–H groups in total. The van der Waals surface area contributed by atoms with E-state index in [1.54, 1.807) is 0 Å². The van der Waals surface area contributed by atoms with E-state index in [0.29, 0.717) is 0 Å². The molecule has 0 unspecified atom stereocenters. The highest BCUT2D eigenvalue weighted by Gasteiger charge is 2.55. The molecule has 7 heteroatoms. The molecule has 0 aliphatic carbocycles. The van der Waals surface area contributed by atoms with E-state index < -0.39 is 35.6 Å². The lowest BCUT2D eigenvalue weighted by molar-refractivity contribution is -0.559. The number of hydrogen-bond donors (Lipinski definition) is 2. The number of rotatable bonds is 1. The molecule has 74 valence electrons. The Hall–Kier alpha value is -0.760. The summed E-state index contributed by atoms with van der Waals surface area (Å²) < 4.78 is 9.88. The van der Waals surface area contributed by atoms with Gasteiger partial charge in [0, 0.05) is 4.92 Å². The third-order valence-corrected chi connectivity index (χ3v) is 2.34. The van der Waals surface area contributed by atoms with Crippen LogP contribution < -0.4 is 0 Å². The van der Waals surface area contributed by atoms with Crippen LogP contribution in [0.15, 0.2) is 0 Å². The Kier molecular flexibility index (Phi) is 1.95. The van der Waals surface area contributed by atoms with Crippen molar-refractivity contribution in [1.82, 2.24) is 0 Å². The molecule has 0 saturated carbocycles. The van der Waals surface area contributed by atoms with Crippen molar-refractivity contribution in [3.8, 4) is 0 Å². The van der Waals surface area contributed by atoms with Gasteiger partial charge in [0.2, 0.25) is 0 Å². The van der Waals surface area contributed by atoms with Gasteiger partial charge in [-0.2, -0.15) is 0 Å². The maximum atomic E-state index is 10.5. The van der Waals surface area contributed by atoms with Crippen LogP contribution in [0.5, 0.6) is 0 Å². The van der Waals surface area contributed by atoms with Gasteiger partial charge in [-0.1, -0.05) is 0 Å². The number of aliphatic hydroxyl groups excluding tert-OH is 2. The molecule has 0 radical (unpaired) electrons. The Morgan fingerprint density at radius 2 is 2.08 bits per heavy atom. The van der Waals surface area contributed by atoms with Crippen LogP contribution in [0.2, 0.25) is 0 Å². The van der Waals surface area contributed by atoms with E-state index >= 15 is 0 Å². The maximum Gasteiger partial charge on any atom is 0.271 e. The summed E-state index contributed by atoms with van der Waals surface area (Å²) in [6.07, 6.45) is -4.36. The molecular formula is C6H9NO6. The van der Waals surface area contributed by atoms with E-state index in [1.807, 2.05) is 0 Å². The monoisotopic (exact) mass is 191 g/mol. The first-order valence-electron chi connectivity index (χ1n) is 3.88. The Bertz CT molecular complexity index is 217. The predicted molar refractivity (Wildman–Crippen MR) is 37.4 cm³/mol. The fourth-order valence-electron chi connectivity index (χ4n) is 1.63. The molecule has 2 aliphatic rings. The molecule has 13 heavy (non-hydrogen) atoms. The molecule has 0 aromatic carbocycles. The summed E-state index contributed by atoms with van der Waals surface area (Å²) in [6.45, 7) is 0.0905. The molecule has 7 nitrogen and oxygen atoms in total. The van der Waals surface area contributed by atoms with Crippen LogP contribution in [0, 0.1) is 10.1 Å². The predicted octanol–water partition coefficient (Wildman–Crippen LogP) is -1.89. The summed E-state index contributed by atoms with van der Waals surface area (Å²) in [5.74, 6) is 0. The first-order chi connectivity index (χ1) is 6.11. The lowest BCUT2D eigenvalue weighted by Crippen LogP contribution is -2.57. The van der Waals surface area contributed by atoms with Gasteiger partial charge in [-0.25, -0.2) is 0 Å². The molecule has 0 spiro atoms. The van der Waals surface area contributed by atoms with Crippen molar-refractivity contribution in [3.63, 3.8) is 0 Å². The maximum absolute atomic E-state index is 10.5. The molecule has 0 aromatic rings. The zero-order valence-corrected chi connectivity index (χ0v) is 6.57. The van der Waals surface area contributed by atoms with Crippen molar-refractivity contribution in [2.24, 2.45) is 0 Å². The highest BCUT2D eigenvalue weighted by atomic mass is 16.7. The summed E-state index contributed by atoms with van der Waals surface area (Å²) in [5.41, 5.74) is 0. The summed E-state index contributed by atoms with van der Waals surface area (Å²) in [7, 11) is 0. The minimum absolute atomic E-state index is 0.0905. The standard InChI is InChI=1S/C6H9NO6/c8-4-2-1-12-6(13-2)5(9)3(4)7(10)11/h2-6,8-9H,1H2/t2-,3-,4+,5-,6-/m1/s1. The van der Waals surface area contributed by atoms with Crippen molar-refractivity contribution < 1.29 is 24.6 Å². The van der Waals surface area contributed by atoms with Crippen LogP contribution in [0.25, 0.3) is 0 Å². The Labute approximate surface area is 73.0 Å². The highest BCUT2D eigenvalue weighted by Crippen LogP contribution is 2.29. The number of aliphatic hydroxyl groups is 2. The number of ether oxygens (including phenoxy) is 2. The SMILES string of the molecule is O=[N+]([O-])[C@@H]1[C@@H](O)[C@H]2CO[C@H](O2)[C@@H]1O. The highest BCUT2D eigenvalue weighted by molar-refractivity contribution is 4.93. The van der Waals surface area contributed by atoms with E-state index in [1.165, 1.54) is 0 Å². The van der Waals surface area contributed by atoms with Crippen molar-refractivity contribution in [2.45, 2.75) is 30.6 Å². The van der Waals surface area contributed by atoms with Crippen molar-refractivity contribution >= 4 is 0 Å². The molecule has 2 fully saturated rings. The second-order valence-electron chi connectivity index (χ2n) is 3.13. The van der Waals surface area contributed by atoms with Gasteiger partial charge in [-0.3, -0.25) is 10.1 Å². The first-order valence-corrected chi connectivity index (χ1v) is 3.88. The normalized spacial score (nSPS) is 49.2. The van der Waals surface area contributed by atoms with Gasteiger partial charge in [0.05, 0.1) is 6.61 Å². The third-order valence-electron chi connectivity index (χ3n) is 2.34. The quantitative estimate of drug-likeness (QED) is 0.371. The smallest absolute Gasteiger partial charge is 0.271 e. The first kappa shape index (κ1) is 8.82. The van der Waals surface area contributed by atoms with Gasteiger partial charge in [0.25, 0.3) is 6.04 Å². The number of nitrogens with zero attached hydrogens (tertiary/aromatic N) is 1. The average molecular weight is 191 g/mol. The van der Waals surface area contributed by atoms with Gasteiger partial charge in [-0.05, 0) is 0 Å². The molecular weight excluding hydrogens is 182 g/mol. The molecule has 5 atom stereocenters. The zero-order chi connectivity index (χ0) is 9.59. The fraction of sp³-hybridized carbons (Fsp3) is 1.00. The van der Waals surface area contributed by atoms with E-state index in [0.717, 1.165) is 0 Å². The number of hydrogen-bond acceptors (Lipinski definition) is 6. The molecule has 2 aliphatic heterocycles. The molecule has 0 aromatic heterocycles. The summed E-state index contributed by atoms with van der Waals surface area (Å²) in [6, 6.07) is -1.41. The third kappa shape index (κ3) is 1.20. The Morgan fingerprint density at radius 1 is 1.38 bits per heavy atom. The van der Waals surface area contributed by atoms with E-state index in [-0.39, 0.29) is 6.61 Å². The average Bonchev–Trinajstić information content (AvgIpc) is 2.46. The van der Waals surface area contributed by atoms with Crippen LogP contribution >= 0.6 is 0 Å². The Morgan fingerprint density at radius 3 is 2.69 bits per heavy atom. The topological polar surface area (TPSA) is 102 Å². The lowest BCUT2D eigenvalue weighted by atomic mass is 9.99. The van der Waals surface area contributed by atoms with Gasteiger partial charge in [0.15, 0.2) is 18.5 Å². The summed E-state index contributed by atoms with van der Waals surface area (Å²) in [5, 5.41) is 29.2. The van der Waals surface area contributed by atoms with Crippen molar-refractivity contribution in [3.05, 3.63) is 10.1 Å². The van der Waals surface area contributed by atoms with Crippen LogP contribution in [0.1, 0.15) is 0 Å². The van der Waals surface area contributed by atoms with Crippen molar-refractivity contribution in [1.29, 1.82) is 0 Å². The van der Waals surface area contributed by atoms with Crippen LogP contribution in [0.4, 0.5) is 0 Å². The molecule has 2 heterocycles. The molecule has 2 bridgehead atoms. The van der Waals surface area contributed by atoms with Crippen molar-refractivity contribution in [2.75, 3.05) is 6.61 Å². The minimum Gasteiger partial charge on any atom is -0.383 e. The number of nitro groups is 1. The summed E-state index contributed by atoms with van der Waals surface area (Å²) >= 11 is 0. The Balaban J connectivity index is 2.22. The largest absolute Gasteiger partial charge is 0.383 e. The summed E-state index contributed by atoms with van der Waals surface area (Å²) in [4.78, 5) is 9.77. The minimum atomic E-state index is -1.41. The molecule has 0 amide bonds. The van der Waals surface area contributed by atoms with Gasteiger partial charge in [-0.15, -0.1) is 0 Å². The van der Waals surface area contributed by atoms with Gasteiger partial charge < -0.3 is 19.7 Å². The zero-order valence-electron chi connectivity index (χ0n) is 6.57. The van der Waals surface area contributed by atoms with Gasteiger partial charge >= 0.3 is 0 Å². The van der Waals surface area contributed by atoms with Crippen LogP contribution in [-0.4, -0.2) is 52.4 Å². The van der Waals surface area contributed by atoms with E-state index in [2.05, 4.69) is 0 Å². The molecule has 2 saturated heterocycles. The lowest BCUT2D eigenvalue weighted by Gasteiger charge is -2.29. The van der Waals surface area contributed by atoms with E-state index in [4.69, 9.17) is 9.47 Å². The fourth-order valence-corrected chi connectivity index (χ4v) is 1.63. The van der Waals surface area contributed by atoms with E-state index in [9.17, 15) is 20.3 Å². The van der Waals surface area contributed by atoms with Gasteiger partial charge in [0.1, 0.15) is 6.10 Å². The molecule has 2 rings (SSSR count). The second-order valence-corrected chi connectivity index (χ2v) is 3.13.